The quantitative estimate of drug-likeness (QED) is 0.577. The van der Waals surface area contributed by atoms with Gasteiger partial charge in [0.05, 0.1) is 12.0 Å². The van der Waals surface area contributed by atoms with Gasteiger partial charge in [0.15, 0.2) is 5.16 Å². The van der Waals surface area contributed by atoms with Gasteiger partial charge in [0.1, 0.15) is 0 Å². The summed E-state index contributed by atoms with van der Waals surface area (Å²) in [5.41, 5.74) is 2.45. The molecule has 1 aromatic heterocycles. The molecule has 2 aliphatic heterocycles. The summed E-state index contributed by atoms with van der Waals surface area (Å²) in [6.45, 7) is 3.46. The largest absolute Gasteiger partial charge is 0.340 e. The summed E-state index contributed by atoms with van der Waals surface area (Å²) < 4.78 is 1.63. The highest BCUT2D eigenvalue weighted by atomic mass is 32.2. The second kappa shape index (κ2) is 9.30. The Kier molecular flexibility index (Phi) is 6.10. The monoisotopic (exact) mass is 446 g/mol. The molecule has 0 spiro atoms. The predicted octanol–water partition coefficient (Wildman–Crippen LogP) is 2.90. The maximum absolute atomic E-state index is 13.2. The molecule has 1 amide bonds. The topological polar surface area (TPSA) is 58.4 Å². The van der Waals surface area contributed by atoms with E-state index in [1.807, 2.05) is 17.0 Å². The van der Waals surface area contributed by atoms with Gasteiger partial charge < -0.3 is 4.90 Å². The number of aromatic nitrogens is 2. The number of carbonyl (C=O) groups is 1. The van der Waals surface area contributed by atoms with E-state index in [-0.39, 0.29) is 23.4 Å². The zero-order valence-electron chi connectivity index (χ0n) is 17.8. The molecule has 164 valence electrons. The van der Waals surface area contributed by atoms with E-state index >= 15 is 0 Å². The summed E-state index contributed by atoms with van der Waals surface area (Å²) in [6.07, 6.45) is 1.54. The van der Waals surface area contributed by atoms with E-state index in [1.165, 1.54) is 29.0 Å². The predicted molar refractivity (Wildman–Crippen MR) is 126 cm³/mol. The summed E-state index contributed by atoms with van der Waals surface area (Å²) in [4.78, 5) is 34.1. The van der Waals surface area contributed by atoms with Crippen molar-refractivity contribution in [3.05, 3.63) is 94.4 Å². The molecule has 32 heavy (non-hydrogen) atoms. The Labute approximate surface area is 191 Å². The minimum absolute atomic E-state index is 0.0848. The Bertz CT molecular complexity index is 1090. The smallest absolute Gasteiger partial charge is 0.254 e. The minimum Gasteiger partial charge on any atom is -0.340 e. The zero-order chi connectivity index (χ0) is 21.9. The average Bonchev–Trinajstić information content (AvgIpc) is 2.86. The van der Waals surface area contributed by atoms with Crippen LogP contribution in [-0.4, -0.2) is 57.2 Å². The van der Waals surface area contributed by atoms with Gasteiger partial charge in [0.2, 0.25) is 5.91 Å². The van der Waals surface area contributed by atoms with Gasteiger partial charge in [0, 0.05) is 50.7 Å². The van der Waals surface area contributed by atoms with Crippen molar-refractivity contribution < 1.29 is 4.79 Å². The Hall–Kier alpha value is -2.90. The normalized spacial score (nSPS) is 19.0. The van der Waals surface area contributed by atoms with E-state index in [2.05, 4.69) is 58.4 Å². The molecule has 6 nitrogen and oxygen atoms in total. The Balaban J connectivity index is 1.28. The van der Waals surface area contributed by atoms with Gasteiger partial charge in [-0.1, -0.05) is 72.4 Å². The highest BCUT2D eigenvalue weighted by Gasteiger charge is 2.33. The van der Waals surface area contributed by atoms with Crippen LogP contribution in [0.5, 0.6) is 0 Å². The molecule has 1 atom stereocenters. The molecular weight excluding hydrogens is 420 g/mol. The first-order valence-corrected chi connectivity index (χ1v) is 12.0. The molecule has 0 unspecified atom stereocenters. The first-order chi connectivity index (χ1) is 15.7. The molecule has 2 aliphatic rings. The lowest BCUT2D eigenvalue weighted by Gasteiger charge is -2.41. The molecule has 1 fully saturated rings. The molecule has 2 aromatic carbocycles. The SMILES string of the molecule is O=C([C@@H]1CSc2nccc(=O)n2C1)N1CCN(C(c2ccccc2)c2ccccc2)CC1. The van der Waals surface area contributed by atoms with Crippen LogP contribution in [0, 0.1) is 5.92 Å². The fourth-order valence-corrected chi connectivity index (χ4v) is 5.70. The third kappa shape index (κ3) is 4.23. The average molecular weight is 447 g/mol. The highest BCUT2D eigenvalue weighted by Crippen LogP contribution is 2.30. The summed E-state index contributed by atoms with van der Waals surface area (Å²) >= 11 is 1.50. The summed E-state index contributed by atoms with van der Waals surface area (Å²) in [5, 5.41) is 0.708. The fourth-order valence-electron chi connectivity index (χ4n) is 4.64. The van der Waals surface area contributed by atoms with Gasteiger partial charge in [-0.05, 0) is 11.1 Å². The van der Waals surface area contributed by atoms with Gasteiger partial charge in [-0.15, -0.1) is 0 Å². The summed E-state index contributed by atoms with van der Waals surface area (Å²) in [6, 6.07) is 22.8. The van der Waals surface area contributed by atoms with Crippen LogP contribution in [0.25, 0.3) is 0 Å². The van der Waals surface area contributed by atoms with Crippen LogP contribution < -0.4 is 5.56 Å². The Morgan fingerprint density at radius 3 is 2.16 bits per heavy atom. The number of thioether (sulfide) groups is 1. The van der Waals surface area contributed by atoms with Gasteiger partial charge >= 0.3 is 0 Å². The van der Waals surface area contributed by atoms with E-state index in [0.717, 1.165) is 13.1 Å². The number of hydrogen-bond donors (Lipinski definition) is 0. The molecule has 0 radical (unpaired) electrons. The van der Waals surface area contributed by atoms with E-state index in [4.69, 9.17) is 0 Å². The van der Waals surface area contributed by atoms with Crippen molar-refractivity contribution in [2.75, 3.05) is 31.9 Å². The number of rotatable bonds is 4. The van der Waals surface area contributed by atoms with Gasteiger partial charge in [-0.25, -0.2) is 4.98 Å². The lowest BCUT2D eigenvalue weighted by molar-refractivity contribution is -0.137. The molecule has 3 aromatic rings. The number of fused-ring (bicyclic) bond motifs is 1. The number of piperazine rings is 1. The van der Waals surface area contributed by atoms with Gasteiger partial charge in [-0.2, -0.15) is 0 Å². The van der Waals surface area contributed by atoms with E-state index in [9.17, 15) is 9.59 Å². The van der Waals surface area contributed by atoms with E-state index in [1.54, 1.807) is 10.8 Å². The summed E-state index contributed by atoms with van der Waals surface area (Å²) in [5.74, 6) is 0.640. The van der Waals surface area contributed by atoms with Crippen molar-refractivity contribution in [3.63, 3.8) is 0 Å². The second-order valence-electron chi connectivity index (χ2n) is 8.27. The van der Waals surface area contributed by atoms with Crippen molar-refractivity contribution >= 4 is 17.7 Å². The van der Waals surface area contributed by atoms with Crippen LogP contribution in [0.3, 0.4) is 0 Å². The molecule has 7 heteroatoms. The van der Waals surface area contributed by atoms with Crippen molar-refractivity contribution in [1.82, 2.24) is 19.4 Å². The molecule has 3 heterocycles. The highest BCUT2D eigenvalue weighted by molar-refractivity contribution is 7.99. The van der Waals surface area contributed by atoms with Gasteiger partial charge in [0.25, 0.3) is 5.56 Å². The summed E-state index contributed by atoms with van der Waals surface area (Å²) in [7, 11) is 0. The first-order valence-electron chi connectivity index (χ1n) is 11.0. The number of benzene rings is 2. The maximum Gasteiger partial charge on any atom is 0.254 e. The number of carbonyl (C=O) groups excluding carboxylic acids is 1. The van der Waals surface area contributed by atoms with Crippen LogP contribution in [0.1, 0.15) is 17.2 Å². The molecule has 0 N–H and O–H groups in total. The standard InChI is InChI=1S/C25H26N4O2S/c30-22-11-12-26-25-29(22)17-21(18-32-25)24(31)28-15-13-27(14-16-28)23(19-7-3-1-4-8-19)20-9-5-2-6-10-20/h1-12,21,23H,13-18H2/t21-/m0/s1. The van der Waals surface area contributed by atoms with Gasteiger partial charge in [-0.3, -0.25) is 19.1 Å². The second-order valence-corrected chi connectivity index (χ2v) is 9.26. The third-order valence-corrected chi connectivity index (χ3v) is 7.44. The molecule has 5 rings (SSSR count). The van der Waals surface area contributed by atoms with Crippen LogP contribution >= 0.6 is 11.8 Å². The number of nitrogens with zero attached hydrogens (tertiary/aromatic N) is 4. The van der Waals surface area contributed by atoms with Crippen molar-refractivity contribution in [1.29, 1.82) is 0 Å². The zero-order valence-corrected chi connectivity index (χ0v) is 18.7. The van der Waals surface area contributed by atoms with E-state index in [0.29, 0.717) is 30.5 Å². The third-order valence-electron chi connectivity index (χ3n) is 6.29. The van der Waals surface area contributed by atoms with E-state index < -0.39 is 0 Å². The van der Waals surface area contributed by atoms with Crippen molar-refractivity contribution in [3.8, 4) is 0 Å². The lowest BCUT2D eigenvalue weighted by atomic mass is 9.96. The van der Waals surface area contributed by atoms with Crippen LogP contribution in [-0.2, 0) is 11.3 Å². The fraction of sp³-hybridized carbons (Fsp3) is 0.320. The lowest BCUT2D eigenvalue weighted by Crippen LogP contribution is -2.52. The first kappa shape index (κ1) is 21.0. The molecule has 0 saturated carbocycles. The number of hydrogen-bond acceptors (Lipinski definition) is 5. The molecule has 0 aliphatic carbocycles. The van der Waals surface area contributed by atoms with Crippen LogP contribution in [0.2, 0.25) is 0 Å². The molecule has 0 bridgehead atoms. The maximum atomic E-state index is 13.2. The minimum atomic E-state index is -0.181. The molecule has 1 saturated heterocycles. The Morgan fingerprint density at radius 1 is 0.906 bits per heavy atom. The van der Waals surface area contributed by atoms with Crippen molar-refractivity contribution in [2.45, 2.75) is 17.7 Å². The number of amides is 1. The van der Waals surface area contributed by atoms with Crippen LogP contribution in [0.15, 0.2) is 82.9 Å². The van der Waals surface area contributed by atoms with Crippen molar-refractivity contribution in [2.24, 2.45) is 5.92 Å². The molecular formula is C25H26N4O2S. The van der Waals surface area contributed by atoms with Crippen LogP contribution in [0.4, 0.5) is 0 Å². The Morgan fingerprint density at radius 2 is 1.53 bits per heavy atom.